The van der Waals surface area contributed by atoms with Crippen LogP contribution in [0, 0.1) is 23.2 Å². The molecule has 1 saturated carbocycles. The summed E-state index contributed by atoms with van der Waals surface area (Å²) in [4.78, 5) is 9.56. The van der Waals surface area contributed by atoms with E-state index < -0.39 is 0 Å². The molecule has 0 bridgehead atoms. The number of fused-ring (bicyclic) bond motifs is 1. The second-order valence-corrected chi connectivity index (χ2v) is 10.5. The lowest BCUT2D eigenvalue weighted by Gasteiger charge is -2.40. The van der Waals surface area contributed by atoms with Crippen molar-refractivity contribution in [1.29, 1.82) is 5.26 Å². The molecule has 0 aromatic carbocycles. The Morgan fingerprint density at radius 2 is 1.97 bits per heavy atom. The zero-order valence-electron chi connectivity index (χ0n) is 20.9. The van der Waals surface area contributed by atoms with Crippen molar-refractivity contribution in [2.75, 3.05) is 13.2 Å². The first-order chi connectivity index (χ1) is 17.6. The van der Waals surface area contributed by atoms with Crippen molar-refractivity contribution in [3.05, 3.63) is 43.2 Å². The SMILES string of the molecule is CCC(C)C1CCC(CC#N)(n2cc(-c3nc(-c4cnn(C5COC5)c4)cc4nccn34)cn2)CC1. The Kier molecular flexibility index (Phi) is 5.84. The minimum atomic E-state index is -0.255. The molecule has 1 atom stereocenters. The quantitative estimate of drug-likeness (QED) is 0.371. The van der Waals surface area contributed by atoms with Crippen molar-refractivity contribution >= 4 is 5.65 Å². The molecule has 9 nitrogen and oxygen atoms in total. The van der Waals surface area contributed by atoms with E-state index >= 15 is 0 Å². The number of rotatable bonds is 7. The number of hydrogen-bond acceptors (Lipinski definition) is 6. The molecule has 2 aliphatic rings. The van der Waals surface area contributed by atoms with Crippen molar-refractivity contribution in [3.63, 3.8) is 0 Å². The number of hydrogen-bond donors (Lipinski definition) is 0. The van der Waals surface area contributed by atoms with E-state index in [1.54, 1.807) is 6.20 Å². The molecule has 1 unspecified atom stereocenters. The molecule has 0 N–H and O–H groups in total. The van der Waals surface area contributed by atoms with Gasteiger partial charge < -0.3 is 4.74 Å². The Balaban J connectivity index is 1.34. The summed E-state index contributed by atoms with van der Waals surface area (Å²) in [6, 6.07) is 4.73. The van der Waals surface area contributed by atoms with Gasteiger partial charge in [0, 0.05) is 36.4 Å². The molecule has 6 rings (SSSR count). The van der Waals surface area contributed by atoms with E-state index in [-0.39, 0.29) is 5.54 Å². The second kappa shape index (κ2) is 9.17. The lowest BCUT2D eigenvalue weighted by atomic mass is 9.71. The molecule has 5 heterocycles. The van der Waals surface area contributed by atoms with Crippen LogP contribution in [0.3, 0.4) is 0 Å². The number of nitrogens with zero attached hydrogens (tertiary/aromatic N) is 8. The zero-order chi connectivity index (χ0) is 24.7. The largest absolute Gasteiger partial charge is 0.377 e. The van der Waals surface area contributed by atoms with Crippen LogP contribution < -0.4 is 0 Å². The molecule has 1 aliphatic heterocycles. The minimum Gasteiger partial charge on any atom is -0.377 e. The highest BCUT2D eigenvalue weighted by atomic mass is 16.5. The molecule has 186 valence electrons. The normalized spacial score (nSPS) is 23.4. The van der Waals surface area contributed by atoms with Crippen molar-refractivity contribution in [2.24, 2.45) is 11.8 Å². The molecule has 2 fully saturated rings. The fraction of sp³-hybridized carbons (Fsp3) is 0.519. The van der Waals surface area contributed by atoms with Gasteiger partial charge in [-0.05, 0) is 37.5 Å². The number of imidazole rings is 1. The van der Waals surface area contributed by atoms with Crippen LogP contribution in [0.5, 0.6) is 0 Å². The molecule has 1 saturated heterocycles. The molecular formula is C27H32N8O. The van der Waals surface area contributed by atoms with Crippen molar-refractivity contribution in [1.82, 2.24) is 33.9 Å². The lowest BCUT2D eigenvalue weighted by Crippen LogP contribution is -2.39. The monoisotopic (exact) mass is 484 g/mol. The number of aromatic nitrogens is 7. The summed E-state index contributed by atoms with van der Waals surface area (Å²) in [5.74, 6) is 2.24. The minimum absolute atomic E-state index is 0.255. The molecule has 0 spiro atoms. The Morgan fingerprint density at radius 3 is 2.69 bits per heavy atom. The zero-order valence-corrected chi connectivity index (χ0v) is 20.9. The van der Waals surface area contributed by atoms with Gasteiger partial charge in [-0.3, -0.25) is 13.8 Å². The Hall–Kier alpha value is -3.51. The average molecular weight is 485 g/mol. The third kappa shape index (κ3) is 3.90. The predicted molar refractivity (Wildman–Crippen MR) is 135 cm³/mol. The molecule has 0 amide bonds. The summed E-state index contributed by atoms with van der Waals surface area (Å²) in [6.45, 7) is 6.01. The van der Waals surface area contributed by atoms with Crippen molar-refractivity contribution < 1.29 is 4.74 Å². The van der Waals surface area contributed by atoms with Crippen LogP contribution in [0.1, 0.15) is 58.4 Å². The van der Waals surface area contributed by atoms with Crippen molar-refractivity contribution in [2.45, 2.75) is 64.0 Å². The Labute approximate surface area is 210 Å². The van der Waals surface area contributed by atoms with E-state index in [9.17, 15) is 5.26 Å². The lowest BCUT2D eigenvalue weighted by molar-refractivity contribution is -0.0286. The number of nitriles is 1. The summed E-state index contributed by atoms with van der Waals surface area (Å²) in [5.41, 5.74) is 3.26. The third-order valence-corrected chi connectivity index (χ3v) is 8.43. The van der Waals surface area contributed by atoms with Gasteiger partial charge in [-0.15, -0.1) is 0 Å². The summed E-state index contributed by atoms with van der Waals surface area (Å²) in [6.07, 6.45) is 17.5. The first-order valence-corrected chi connectivity index (χ1v) is 13.0. The highest BCUT2D eigenvalue weighted by Gasteiger charge is 2.39. The first kappa shape index (κ1) is 22.9. The maximum absolute atomic E-state index is 9.70. The van der Waals surface area contributed by atoms with Gasteiger partial charge in [-0.2, -0.15) is 15.5 Å². The topological polar surface area (TPSA) is 98.8 Å². The van der Waals surface area contributed by atoms with Crippen molar-refractivity contribution in [3.8, 4) is 28.7 Å². The van der Waals surface area contributed by atoms with Crippen LogP contribution in [0.25, 0.3) is 28.3 Å². The van der Waals surface area contributed by atoms with E-state index in [2.05, 4.69) is 36.2 Å². The highest BCUT2D eigenvalue weighted by Crippen LogP contribution is 2.43. The van der Waals surface area contributed by atoms with Gasteiger partial charge in [-0.25, -0.2) is 9.97 Å². The van der Waals surface area contributed by atoms with Gasteiger partial charge in [-0.1, -0.05) is 20.3 Å². The third-order valence-electron chi connectivity index (χ3n) is 8.43. The number of ether oxygens (including phenoxy) is 1. The molecule has 4 aromatic rings. The average Bonchev–Trinajstić information content (AvgIpc) is 3.63. The van der Waals surface area contributed by atoms with E-state index in [0.29, 0.717) is 25.7 Å². The molecule has 0 radical (unpaired) electrons. The van der Waals surface area contributed by atoms with Gasteiger partial charge in [0.15, 0.2) is 0 Å². The molecule has 9 heteroatoms. The Bertz CT molecular complexity index is 1400. The summed E-state index contributed by atoms with van der Waals surface area (Å²) >= 11 is 0. The van der Waals surface area contributed by atoms with Gasteiger partial charge in [0.1, 0.15) is 11.5 Å². The van der Waals surface area contributed by atoms with Gasteiger partial charge >= 0.3 is 0 Å². The van der Waals surface area contributed by atoms with Crippen LogP contribution in [0.4, 0.5) is 0 Å². The van der Waals surface area contributed by atoms with E-state index in [1.807, 2.05) is 44.6 Å². The maximum atomic E-state index is 9.70. The standard InChI is InChI=1S/C27H32N8O/c1-3-19(2)20-4-6-27(7-5-20,8-9-28)35-16-22(14-31-35)26-32-24(12-25-29-10-11-33(25)26)21-13-30-34(15-21)23-17-36-18-23/h10-16,19-20,23H,3-8,17-18H2,1-2H3. The molecular weight excluding hydrogens is 452 g/mol. The van der Waals surface area contributed by atoms with Crippen LogP contribution >= 0.6 is 0 Å². The Morgan fingerprint density at radius 1 is 1.17 bits per heavy atom. The molecule has 36 heavy (non-hydrogen) atoms. The smallest absolute Gasteiger partial charge is 0.149 e. The molecule has 4 aromatic heterocycles. The maximum Gasteiger partial charge on any atom is 0.149 e. The van der Waals surface area contributed by atoms with E-state index in [4.69, 9.17) is 14.8 Å². The predicted octanol–water partition coefficient (Wildman–Crippen LogP) is 4.87. The first-order valence-electron chi connectivity index (χ1n) is 13.0. The second-order valence-electron chi connectivity index (χ2n) is 10.5. The van der Waals surface area contributed by atoms with Crippen LogP contribution in [-0.4, -0.2) is 47.1 Å². The van der Waals surface area contributed by atoms with E-state index in [1.165, 1.54) is 6.42 Å². The highest BCUT2D eigenvalue weighted by molar-refractivity contribution is 5.68. The summed E-state index contributed by atoms with van der Waals surface area (Å²) in [7, 11) is 0. The van der Waals surface area contributed by atoms with Gasteiger partial charge in [0.2, 0.25) is 0 Å². The fourth-order valence-electron chi connectivity index (χ4n) is 5.73. The fourth-order valence-corrected chi connectivity index (χ4v) is 5.73. The van der Waals surface area contributed by atoms with Crippen LogP contribution in [0.2, 0.25) is 0 Å². The summed E-state index contributed by atoms with van der Waals surface area (Å²) in [5, 5.41) is 19.0. The van der Waals surface area contributed by atoms with Crippen LogP contribution in [0.15, 0.2) is 43.2 Å². The van der Waals surface area contributed by atoms with Gasteiger partial charge in [0.05, 0.1) is 60.9 Å². The summed E-state index contributed by atoms with van der Waals surface area (Å²) < 4.78 is 11.3. The van der Waals surface area contributed by atoms with Gasteiger partial charge in [0.25, 0.3) is 0 Å². The molecule has 1 aliphatic carbocycles. The van der Waals surface area contributed by atoms with Crippen LogP contribution in [-0.2, 0) is 10.3 Å². The van der Waals surface area contributed by atoms with E-state index in [0.717, 1.165) is 65.8 Å².